The van der Waals surface area contributed by atoms with E-state index in [0.29, 0.717) is 0 Å². The van der Waals surface area contributed by atoms with Crippen LogP contribution in [-0.4, -0.2) is 23.2 Å². The lowest BCUT2D eigenvalue weighted by atomic mass is 10.2. The van der Waals surface area contributed by atoms with Gasteiger partial charge < -0.3 is 10.4 Å². The SMILES string of the molecule is C=C(C)C(C)O.CCc1ccccc1.CNC(C)=S. The zero-order valence-electron chi connectivity index (χ0n) is 12.7. The van der Waals surface area contributed by atoms with Gasteiger partial charge in [0.2, 0.25) is 0 Å². The van der Waals surface area contributed by atoms with Gasteiger partial charge in [-0.05, 0) is 32.8 Å². The van der Waals surface area contributed by atoms with Crippen molar-refractivity contribution in [2.45, 2.75) is 40.2 Å². The highest BCUT2D eigenvalue weighted by Gasteiger charge is 1.89. The molecule has 0 radical (unpaired) electrons. The second kappa shape index (κ2) is 13.2. The van der Waals surface area contributed by atoms with E-state index < -0.39 is 0 Å². The monoisotopic (exact) mass is 281 g/mol. The van der Waals surface area contributed by atoms with Crippen LogP contribution in [0.3, 0.4) is 0 Å². The topological polar surface area (TPSA) is 32.3 Å². The molecule has 0 aliphatic carbocycles. The number of nitrogens with one attached hydrogen (secondary N) is 1. The largest absolute Gasteiger partial charge is 0.389 e. The van der Waals surface area contributed by atoms with Gasteiger partial charge in [-0.3, -0.25) is 0 Å². The molecular weight excluding hydrogens is 254 g/mol. The van der Waals surface area contributed by atoms with Crippen molar-refractivity contribution >= 4 is 17.2 Å². The normalized spacial score (nSPS) is 10.0. The fourth-order valence-corrected chi connectivity index (χ4v) is 0.714. The third-order valence-electron chi connectivity index (χ3n) is 2.32. The van der Waals surface area contributed by atoms with Gasteiger partial charge in [0.05, 0.1) is 11.1 Å². The maximum Gasteiger partial charge on any atom is 0.0719 e. The Morgan fingerprint density at radius 3 is 1.84 bits per heavy atom. The van der Waals surface area contributed by atoms with Crippen molar-refractivity contribution in [3.05, 3.63) is 48.0 Å². The van der Waals surface area contributed by atoms with E-state index >= 15 is 0 Å². The molecule has 0 fully saturated rings. The predicted octanol–water partition coefficient (Wildman–Crippen LogP) is 3.75. The molecule has 1 aromatic carbocycles. The third kappa shape index (κ3) is 16.8. The predicted molar refractivity (Wildman–Crippen MR) is 89.6 cm³/mol. The number of aliphatic hydroxyl groups is 1. The standard InChI is InChI=1S/C8H10.C5H10O.C3H7NS/c1-2-8-6-4-3-5-7-8;1-4(2)5(3)6;1-3(5)4-2/h3-7H,2H2,1H3;5-6H,1H2,2-3H3;1-2H3,(H,4,5). The van der Waals surface area contributed by atoms with Crippen LogP contribution in [0, 0.1) is 0 Å². The highest BCUT2D eigenvalue weighted by molar-refractivity contribution is 7.80. The van der Waals surface area contributed by atoms with Gasteiger partial charge in [-0.25, -0.2) is 0 Å². The van der Waals surface area contributed by atoms with Gasteiger partial charge in [-0.2, -0.15) is 0 Å². The Labute approximate surface area is 123 Å². The maximum atomic E-state index is 8.53. The molecule has 0 spiro atoms. The molecule has 0 aliphatic heterocycles. The van der Waals surface area contributed by atoms with Gasteiger partial charge in [-0.15, -0.1) is 0 Å². The lowest BCUT2D eigenvalue weighted by Gasteiger charge is -1.97. The zero-order chi connectivity index (χ0) is 15.3. The Morgan fingerprint density at radius 2 is 1.68 bits per heavy atom. The fraction of sp³-hybridized carbons (Fsp3) is 0.438. The van der Waals surface area contributed by atoms with Crippen molar-refractivity contribution < 1.29 is 5.11 Å². The summed E-state index contributed by atoms with van der Waals surface area (Å²) in [6.45, 7) is 11.0. The van der Waals surface area contributed by atoms with Gasteiger partial charge in [-0.1, -0.05) is 61.6 Å². The Kier molecular flexibility index (Phi) is 14.0. The van der Waals surface area contributed by atoms with Crippen molar-refractivity contribution in [2.75, 3.05) is 7.05 Å². The van der Waals surface area contributed by atoms with Crippen LogP contribution >= 0.6 is 12.2 Å². The summed E-state index contributed by atoms with van der Waals surface area (Å²) in [4.78, 5) is 0.838. The van der Waals surface area contributed by atoms with Gasteiger partial charge in [0.25, 0.3) is 0 Å². The summed E-state index contributed by atoms with van der Waals surface area (Å²) in [6.07, 6.45) is 0.797. The second-order valence-corrected chi connectivity index (χ2v) is 4.78. The molecule has 0 bridgehead atoms. The van der Waals surface area contributed by atoms with Crippen molar-refractivity contribution in [3.8, 4) is 0 Å². The molecule has 1 rings (SSSR count). The number of thiocarbonyl (C=S) groups is 1. The van der Waals surface area contributed by atoms with Crippen LogP contribution in [0.4, 0.5) is 0 Å². The summed E-state index contributed by atoms with van der Waals surface area (Å²) in [7, 11) is 1.81. The van der Waals surface area contributed by atoms with Crippen LogP contribution in [0.25, 0.3) is 0 Å². The van der Waals surface area contributed by atoms with Crippen LogP contribution < -0.4 is 5.32 Å². The first-order valence-corrected chi connectivity index (χ1v) is 6.81. The van der Waals surface area contributed by atoms with Crippen molar-refractivity contribution in [2.24, 2.45) is 0 Å². The Bertz CT molecular complexity index is 347. The number of aliphatic hydroxyl groups excluding tert-OH is 1. The lowest BCUT2D eigenvalue weighted by molar-refractivity contribution is 0.232. The minimum absolute atomic E-state index is 0.343. The molecule has 0 aliphatic rings. The van der Waals surface area contributed by atoms with Crippen LogP contribution in [0.5, 0.6) is 0 Å². The molecular formula is C16H27NOS. The average Bonchev–Trinajstić information content (AvgIpc) is 2.40. The smallest absolute Gasteiger partial charge is 0.0719 e. The maximum absolute atomic E-state index is 8.53. The summed E-state index contributed by atoms with van der Waals surface area (Å²) in [5.41, 5.74) is 2.22. The van der Waals surface area contributed by atoms with Crippen LogP contribution in [0.15, 0.2) is 42.5 Å². The summed E-state index contributed by atoms with van der Waals surface area (Å²) in [6, 6.07) is 10.5. The van der Waals surface area contributed by atoms with Gasteiger partial charge in [0, 0.05) is 7.05 Å². The van der Waals surface area contributed by atoms with Gasteiger partial charge in [0.1, 0.15) is 0 Å². The van der Waals surface area contributed by atoms with E-state index in [1.54, 1.807) is 13.8 Å². The Hall–Kier alpha value is -1.19. The number of hydrogen-bond acceptors (Lipinski definition) is 2. The molecule has 0 amide bonds. The van der Waals surface area contributed by atoms with Crippen molar-refractivity contribution in [1.82, 2.24) is 5.32 Å². The molecule has 3 heteroatoms. The second-order valence-electron chi connectivity index (χ2n) is 4.17. The molecule has 1 unspecified atom stereocenters. The molecule has 2 N–H and O–H groups in total. The summed E-state index contributed by atoms with van der Waals surface area (Å²) in [5, 5.41) is 11.3. The number of hydrogen-bond donors (Lipinski definition) is 2. The summed E-state index contributed by atoms with van der Waals surface area (Å²) < 4.78 is 0. The third-order valence-corrected chi connectivity index (χ3v) is 2.52. The first-order valence-electron chi connectivity index (χ1n) is 6.40. The molecule has 0 heterocycles. The minimum Gasteiger partial charge on any atom is -0.389 e. The Morgan fingerprint density at radius 1 is 1.32 bits per heavy atom. The number of rotatable bonds is 2. The van der Waals surface area contributed by atoms with Crippen LogP contribution in [-0.2, 0) is 6.42 Å². The zero-order valence-corrected chi connectivity index (χ0v) is 13.6. The number of aryl methyl sites for hydroxylation is 1. The fourth-order valence-electron chi connectivity index (χ4n) is 0.714. The van der Waals surface area contributed by atoms with Crippen molar-refractivity contribution in [1.29, 1.82) is 0 Å². The minimum atomic E-state index is -0.343. The van der Waals surface area contributed by atoms with Crippen LogP contribution in [0.2, 0.25) is 0 Å². The highest BCUT2D eigenvalue weighted by atomic mass is 32.1. The van der Waals surface area contributed by atoms with E-state index in [1.165, 1.54) is 5.56 Å². The molecule has 108 valence electrons. The van der Waals surface area contributed by atoms with E-state index in [9.17, 15) is 0 Å². The van der Waals surface area contributed by atoms with Crippen molar-refractivity contribution in [3.63, 3.8) is 0 Å². The molecule has 1 aromatic rings. The quantitative estimate of drug-likeness (QED) is 0.640. The van der Waals surface area contributed by atoms with E-state index in [1.807, 2.05) is 20.0 Å². The Balaban J connectivity index is 0. The first kappa shape index (κ1) is 20.1. The molecule has 2 nitrogen and oxygen atoms in total. The molecule has 0 aromatic heterocycles. The lowest BCUT2D eigenvalue weighted by Crippen LogP contribution is -2.09. The molecule has 0 saturated carbocycles. The van der Waals surface area contributed by atoms with Gasteiger partial charge in [0.15, 0.2) is 0 Å². The van der Waals surface area contributed by atoms with E-state index in [2.05, 4.69) is 55.3 Å². The van der Waals surface area contributed by atoms with E-state index in [0.717, 1.165) is 17.0 Å². The average molecular weight is 281 g/mol. The summed E-state index contributed by atoms with van der Waals surface area (Å²) >= 11 is 4.59. The van der Waals surface area contributed by atoms with E-state index in [4.69, 9.17) is 5.11 Å². The number of benzene rings is 1. The van der Waals surface area contributed by atoms with Gasteiger partial charge >= 0.3 is 0 Å². The highest BCUT2D eigenvalue weighted by Crippen LogP contribution is 1.96. The first-order chi connectivity index (χ1) is 8.84. The van der Waals surface area contributed by atoms with Crippen LogP contribution in [0.1, 0.15) is 33.3 Å². The molecule has 0 saturated heterocycles. The summed E-state index contributed by atoms with van der Waals surface area (Å²) in [5.74, 6) is 0. The molecule has 1 atom stereocenters. The molecule has 19 heavy (non-hydrogen) atoms. The van der Waals surface area contributed by atoms with E-state index in [-0.39, 0.29) is 6.10 Å².